The Bertz CT molecular complexity index is 1020. The van der Waals surface area contributed by atoms with Gasteiger partial charge in [0.2, 0.25) is 0 Å². The van der Waals surface area contributed by atoms with Gasteiger partial charge >= 0.3 is 6.18 Å². The highest BCUT2D eigenvalue weighted by molar-refractivity contribution is 5.64. The van der Waals surface area contributed by atoms with Crippen LogP contribution in [0.25, 0.3) is 11.1 Å². The summed E-state index contributed by atoms with van der Waals surface area (Å²) in [6, 6.07) is 14.2. The molecule has 0 amide bonds. The Morgan fingerprint density at radius 1 is 0.926 bits per heavy atom. The molecule has 0 saturated carbocycles. The summed E-state index contributed by atoms with van der Waals surface area (Å²) in [5, 5.41) is 0. The predicted molar refractivity (Wildman–Crippen MR) is 98.5 cm³/mol. The molecule has 0 saturated heterocycles. The Labute approximate surface area is 155 Å². The highest BCUT2D eigenvalue weighted by atomic mass is 19.4. The maximum Gasteiger partial charge on any atom is 0.416 e. The van der Waals surface area contributed by atoms with Crippen molar-refractivity contribution in [2.75, 3.05) is 0 Å². The van der Waals surface area contributed by atoms with Gasteiger partial charge in [0.15, 0.2) is 0 Å². The Hall–Kier alpha value is -2.89. The number of hydrogen-bond donors (Lipinski definition) is 0. The maximum absolute atomic E-state index is 13.2. The fourth-order valence-electron chi connectivity index (χ4n) is 3.09. The quantitative estimate of drug-likeness (QED) is 0.647. The van der Waals surface area contributed by atoms with E-state index in [0.717, 1.165) is 17.7 Å². The third-order valence-electron chi connectivity index (χ3n) is 4.72. The number of benzene rings is 2. The molecule has 1 aromatic heterocycles. The van der Waals surface area contributed by atoms with Crippen LogP contribution < -0.4 is 5.56 Å². The summed E-state index contributed by atoms with van der Waals surface area (Å²) < 4.78 is 40.7. The van der Waals surface area contributed by atoms with Gasteiger partial charge in [-0.1, -0.05) is 42.5 Å². The van der Waals surface area contributed by atoms with E-state index in [4.69, 9.17) is 0 Å². The smallest absolute Gasteiger partial charge is 0.289 e. The first-order valence-corrected chi connectivity index (χ1v) is 8.44. The lowest BCUT2D eigenvalue weighted by Crippen LogP contribution is -2.38. The molecule has 0 fully saturated rings. The average Bonchev–Trinajstić information content (AvgIpc) is 2.62. The first-order chi connectivity index (χ1) is 12.6. The third-order valence-corrected chi connectivity index (χ3v) is 4.72. The van der Waals surface area contributed by atoms with Crippen molar-refractivity contribution in [3.63, 3.8) is 0 Å². The summed E-state index contributed by atoms with van der Waals surface area (Å²) in [6.45, 7) is 5.15. The number of nitrogens with zero attached hydrogens (tertiary/aromatic N) is 2. The summed E-state index contributed by atoms with van der Waals surface area (Å²) in [5.74, 6) is 0. The minimum atomic E-state index is -4.45. The highest BCUT2D eigenvalue weighted by Crippen LogP contribution is 2.33. The SMILES string of the molecule is Cc1ncn(C(C)(C)c2cccc(C(F)(F)F)c2)c(=O)c1-c1ccccc1. The fourth-order valence-corrected chi connectivity index (χ4v) is 3.09. The largest absolute Gasteiger partial charge is 0.416 e. The zero-order valence-electron chi connectivity index (χ0n) is 15.2. The van der Waals surface area contributed by atoms with Crippen LogP contribution in [0.1, 0.15) is 30.7 Å². The molecule has 27 heavy (non-hydrogen) atoms. The van der Waals surface area contributed by atoms with Gasteiger partial charge in [-0.3, -0.25) is 9.36 Å². The lowest BCUT2D eigenvalue weighted by Gasteiger charge is -2.29. The van der Waals surface area contributed by atoms with Gasteiger partial charge in [0.25, 0.3) is 5.56 Å². The number of halogens is 3. The third kappa shape index (κ3) is 3.52. The first kappa shape index (κ1) is 18.9. The Morgan fingerprint density at radius 2 is 1.56 bits per heavy atom. The summed E-state index contributed by atoms with van der Waals surface area (Å²) >= 11 is 0. The molecule has 3 rings (SSSR count). The Kier molecular flexibility index (Phi) is 4.68. The van der Waals surface area contributed by atoms with E-state index in [9.17, 15) is 18.0 Å². The molecule has 0 aliphatic heterocycles. The predicted octanol–water partition coefficient (Wildman–Crippen LogP) is 5.02. The Balaban J connectivity index is 2.18. The topological polar surface area (TPSA) is 34.9 Å². The molecule has 0 N–H and O–H groups in total. The van der Waals surface area contributed by atoms with Crippen molar-refractivity contribution in [1.29, 1.82) is 0 Å². The van der Waals surface area contributed by atoms with Gasteiger partial charge in [-0.05, 0) is 44.0 Å². The van der Waals surface area contributed by atoms with E-state index >= 15 is 0 Å². The van der Waals surface area contributed by atoms with Crippen LogP contribution in [0, 0.1) is 6.92 Å². The van der Waals surface area contributed by atoms with Crippen LogP contribution >= 0.6 is 0 Å². The molecule has 0 spiro atoms. The van der Waals surface area contributed by atoms with Crippen LogP contribution in [0.2, 0.25) is 0 Å². The van der Waals surface area contributed by atoms with E-state index in [0.29, 0.717) is 16.8 Å². The lowest BCUT2D eigenvalue weighted by atomic mass is 9.92. The lowest BCUT2D eigenvalue weighted by molar-refractivity contribution is -0.137. The average molecular weight is 372 g/mol. The van der Waals surface area contributed by atoms with Gasteiger partial charge in [0.1, 0.15) is 0 Å². The van der Waals surface area contributed by atoms with Gasteiger partial charge in [0, 0.05) is 0 Å². The fraction of sp³-hybridized carbons (Fsp3) is 0.238. The highest BCUT2D eigenvalue weighted by Gasteiger charge is 2.33. The molecular formula is C21H19F3N2O. The summed E-state index contributed by atoms with van der Waals surface area (Å²) in [5.41, 5.74) is 0.0644. The molecule has 1 heterocycles. The van der Waals surface area contributed by atoms with Gasteiger partial charge in [-0.25, -0.2) is 4.98 Å². The van der Waals surface area contributed by atoms with Crippen LogP contribution in [0.15, 0.2) is 65.7 Å². The number of alkyl halides is 3. The first-order valence-electron chi connectivity index (χ1n) is 8.44. The zero-order chi connectivity index (χ0) is 19.8. The second-order valence-corrected chi connectivity index (χ2v) is 6.88. The molecule has 0 atom stereocenters. The molecule has 0 bridgehead atoms. The number of aryl methyl sites for hydroxylation is 1. The summed E-state index contributed by atoms with van der Waals surface area (Å²) in [7, 11) is 0. The molecule has 140 valence electrons. The minimum absolute atomic E-state index is 0.295. The molecule has 0 unspecified atom stereocenters. The van der Waals surface area contributed by atoms with E-state index in [1.165, 1.54) is 17.0 Å². The van der Waals surface area contributed by atoms with Crippen LogP contribution in [0.4, 0.5) is 13.2 Å². The summed E-state index contributed by atoms with van der Waals surface area (Å²) in [4.78, 5) is 17.5. The molecule has 0 aliphatic rings. The van der Waals surface area contributed by atoms with Crippen molar-refractivity contribution in [3.8, 4) is 11.1 Å². The van der Waals surface area contributed by atoms with Gasteiger partial charge < -0.3 is 0 Å². The molecule has 3 aromatic rings. The Morgan fingerprint density at radius 3 is 2.19 bits per heavy atom. The number of aromatic nitrogens is 2. The van der Waals surface area contributed by atoms with E-state index in [-0.39, 0.29) is 5.56 Å². The van der Waals surface area contributed by atoms with Crippen molar-refractivity contribution in [2.24, 2.45) is 0 Å². The number of hydrogen-bond acceptors (Lipinski definition) is 2. The molecule has 2 aromatic carbocycles. The van der Waals surface area contributed by atoms with Crippen molar-refractivity contribution in [1.82, 2.24) is 9.55 Å². The molecular weight excluding hydrogens is 353 g/mol. The van der Waals surface area contributed by atoms with Crippen molar-refractivity contribution >= 4 is 0 Å². The second-order valence-electron chi connectivity index (χ2n) is 6.88. The van der Waals surface area contributed by atoms with Crippen LogP contribution in [0.3, 0.4) is 0 Å². The van der Waals surface area contributed by atoms with Crippen LogP contribution in [-0.2, 0) is 11.7 Å². The number of rotatable bonds is 3. The van der Waals surface area contributed by atoms with Gasteiger partial charge in [0.05, 0.1) is 28.7 Å². The molecule has 0 radical (unpaired) electrons. The monoisotopic (exact) mass is 372 g/mol. The van der Waals surface area contributed by atoms with Crippen molar-refractivity contribution in [3.05, 3.63) is 88.1 Å². The normalized spacial score (nSPS) is 12.2. The summed E-state index contributed by atoms with van der Waals surface area (Å²) in [6.07, 6.45) is -3.05. The van der Waals surface area contributed by atoms with Crippen LogP contribution in [-0.4, -0.2) is 9.55 Å². The van der Waals surface area contributed by atoms with E-state index in [1.54, 1.807) is 26.8 Å². The second kappa shape index (κ2) is 6.68. The zero-order valence-corrected chi connectivity index (χ0v) is 15.2. The molecule has 3 nitrogen and oxygen atoms in total. The maximum atomic E-state index is 13.2. The molecule has 0 aliphatic carbocycles. The molecule has 6 heteroatoms. The van der Waals surface area contributed by atoms with Gasteiger partial charge in [-0.15, -0.1) is 0 Å². The van der Waals surface area contributed by atoms with Gasteiger partial charge in [-0.2, -0.15) is 13.2 Å². The van der Waals surface area contributed by atoms with Crippen LogP contribution in [0.5, 0.6) is 0 Å². The van der Waals surface area contributed by atoms with E-state index in [1.807, 2.05) is 30.3 Å². The van der Waals surface area contributed by atoms with Crippen molar-refractivity contribution < 1.29 is 13.2 Å². The standard InChI is InChI=1S/C21H19F3N2O/c1-14-18(15-8-5-4-6-9-15)19(27)26(13-25-14)20(2,3)16-10-7-11-17(12-16)21(22,23)24/h4-13H,1-3H3. The van der Waals surface area contributed by atoms with Crippen molar-refractivity contribution in [2.45, 2.75) is 32.5 Å². The van der Waals surface area contributed by atoms with E-state index < -0.39 is 17.3 Å². The minimum Gasteiger partial charge on any atom is -0.289 e. The van der Waals surface area contributed by atoms with E-state index in [2.05, 4.69) is 4.98 Å².